The van der Waals surface area contributed by atoms with Crippen molar-refractivity contribution in [2.45, 2.75) is 65.6 Å². The van der Waals surface area contributed by atoms with Crippen molar-refractivity contribution in [3.63, 3.8) is 0 Å². The summed E-state index contributed by atoms with van der Waals surface area (Å²) in [5.74, 6) is 1.05. The Hall–Kier alpha value is -1.35. The van der Waals surface area contributed by atoms with Crippen LogP contribution < -0.4 is 10.6 Å². The number of fused-ring (bicyclic) bond motifs is 1. The van der Waals surface area contributed by atoms with Gasteiger partial charge >= 0.3 is 0 Å². The Morgan fingerprint density at radius 2 is 1.80 bits per heavy atom. The molecule has 1 unspecified atom stereocenters. The van der Waals surface area contributed by atoms with Gasteiger partial charge in [0.15, 0.2) is 5.96 Å². The number of halogens is 1. The molecule has 1 aliphatic heterocycles. The van der Waals surface area contributed by atoms with Gasteiger partial charge in [-0.05, 0) is 56.9 Å². The number of benzene rings is 1. The molecule has 1 aromatic rings. The third kappa shape index (κ3) is 8.79. The van der Waals surface area contributed by atoms with Gasteiger partial charge in [-0.25, -0.2) is 0 Å². The van der Waals surface area contributed by atoms with E-state index < -0.39 is 0 Å². The van der Waals surface area contributed by atoms with E-state index in [1.54, 1.807) is 7.05 Å². The van der Waals surface area contributed by atoms with Crippen molar-refractivity contribution in [1.82, 2.24) is 20.4 Å². The first-order chi connectivity index (χ1) is 14.1. The van der Waals surface area contributed by atoms with E-state index in [1.165, 1.54) is 17.5 Å². The van der Waals surface area contributed by atoms with Crippen LogP contribution in [-0.4, -0.2) is 60.9 Å². The first-order valence-electron chi connectivity index (χ1n) is 11.1. The fourth-order valence-corrected chi connectivity index (χ4v) is 3.78. The van der Waals surface area contributed by atoms with Gasteiger partial charge < -0.3 is 20.4 Å². The largest absolute Gasteiger partial charge is 0.356 e. The topological polar surface area (TPSA) is 60.0 Å². The smallest absolute Gasteiger partial charge is 0.223 e. The number of carbonyl (C=O) groups excluding carboxylic acids is 1. The van der Waals surface area contributed by atoms with E-state index in [9.17, 15) is 4.79 Å². The van der Waals surface area contributed by atoms with Crippen LogP contribution in [0.25, 0.3) is 0 Å². The van der Waals surface area contributed by atoms with Gasteiger partial charge in [-0.2, -0.15) is 0 Å². The molecule has 1 atom stereocenters. The molecule has 0 aromatic heterocycles. The molecule has 0 saturated carbocycles. The van der Waals surface area contributed by atoms with Crippen LogP contribution in [0, 0.1) is 0 Å². The minimum atomic E-state index is 0. The van der Waals surface area contributed by atoms with Gasteiger partial charge in [0.05, 0.1) is 0 Å². The normalized spacial score (nSPS) is 14.3. The number of amides is 1. The maximum absolute atomic E-state index is 12.5. The van der Waals surface area contributed by atoms with Crippen molar-refractivity contribution in [3.8, 4) is 0 Å². The third-order valence-electron chi connectivity index (χ3n) is 5.67. The number of carbonyl (C=O) groups is 1. The van der Waals surface area contributed by atoms with E-state index in [2.05, 4.69) is 53.4 Å². The molecule has 1 aromatic carbocycles. The number of rotatable bonds is 11. The number of hydrogen-bond acceptors (Lipinski definition) is 3. The highest BCUT2D eigenvalue weighted by Gasteiger charge is 2.22. The second-order valence-electron chi connectivity index (χ2n) is 7.84. The molecule has 6 nitrogen and oxygen atoms in total. The van der Waals surface area contributed by atoms with E-state index in [1.807, 2.05) is 17.0 Å². The molecule has 170 valence electrons. The standard InChI is InChI=1S/C23H39N5O.HI/c1-5-27(6-2)16-10-11-19(3)26-23(24-4)25-15-9-14-22(29)28-17-20-12-7-8-13-21(20)18-28;/h7-8,12-13,19H,5-6,9-11,14-18H2,1-4H3,(H2,24,25,26);1H. The number of aliphatic imine (C=N–C) groups is 1. The zero-order chi connectivity index (χ0) is 21.1. The molecular formula is C23H40IN5O. The summed E-state index contributed by atoms with van der Waals surface area (Å²) >= 11 is 0. The summed E-state index contributed by atoms with van der Waals surface area (Å²) in [6.07, 6.45) is 3.67. The van der Waals surface area contributed by atoms with E-state index in [-0.39, 0.29) is 29.9 Å². The highest BCUT2D eigenvalue weighted by atomic mass is 127. The lowest BCUT2D eigenvalue weighted by atomic mass is 10.1. The van der Waals surface area contributed by atoms with Crippen molar-refractivity contribution in [2.75, 3.05) is 33.2 Å². The SMILES string of the molecule is CCN(CC)CCCC(C)NC(=NC)NCCCC(=O)N1Cc2ccccc2C1.I. The zero-order valence-corrected chi connectivity index (χ0v) is 21.4. The molecule has 0 bridgehead atoms. The Morgan fingerprint density at radius 1 is 1.17 bits per heavy atom. The van der Waals surface area contributed by atoms with Gasteiger partial charge in [-0.3, -0.25) is 9.79 Å². The molecule has 0 spiro atoms. The summed E-state index contributed by atoms with van der Waals surface area (Å²) < 4.78 is 0. The molecule has 0 fully saturated rings. The maximum Gasteiger partial charge on any atom is 0.223 e. The first-order valence-corrected chi connectivity index (χ1v) is 11.1. The van der Waals surface area contributed by atoms with Crippen LogP contribution in [0.5, 0.6) is 0 Å². The fraction of sp³-hybridized carbons (Fsp3) is 0.652. The lowest BCUT2D eigenvalue weighted by molar-refractivity contribution is -0.131. The summed E-state index contributed by atoms with van der Waals surface area (Å²) in [4.78, 5) is 21.2. The lowest BCUT2D eigenvalue weighted by Crippen LogP contribution is -2.43. The fourth-order valence-electron chi connectivity index (χ4n) is 3.78. The van der Waals surface area contributed by atoms with E-state index in [4.69, 9.17) is 0 Å². The van der Waals surface area contributed by atoms with Gasteiger partial charge in [0.2, 0.25) is 5.91 Å². The van der Waals surface area contributed by atoms with Gasteiger partial charge in [0, 0.05) is 39.1 Å². The molecule has 2 N–H and O–H groups in total. The van der Waals surface area contributed by atoms with Crippen LogP contribution in [0.15, 0.2) is 29.3 Å². The Kier molecular flexibility index (Phi) is 13.0. The summed E-state index contributed by atoms with van der Waals surface area (Å²) in [7, 11) is 1.80. The number of hydrogen-bond donors (Lipinski definition) is 2. The summed E-state index contributed by atoms with van der Waals surface area (Å²) in [5, 5.41) is 6.80. The summed E-state index contributed by atoms with van der Waals surface area (Å²) in [5.41, 5.74) is 2.55. The van der Waals surface area contributed by atoms with Gasteiger partial charge in [0.25, 0.3) is 0 Å². The van der Waals surface area contributed by atoms with Crippen LogP contribution >= 0.6 is 24.0 Å². The highest BCUT2D eigenvalue weighted by Crippen LogP contribution is 2.22. The molecule has 7 heteroatoms. The van der Waals surface area contributed by atoms with Crippen molar-refractivity contribution >= 4 is 35.8 Å². The van der Waals surface area contributed by atoms with E-state index in [0.717, 1.165) is 58.1 Å². The first kappa shape index (κ1) is 26.7. The lowest BCUT2D eigenvalue weighted by Gasteiger charge is -2.21. The van der Waals surface area contributed by atoms with Gasteiger partial charge in [-0.1, -0.05) is 38.1 Å². The van der Waals surface area contributed by atoms with Crippen LogP contribution in [0.4, 0.5) is 0 Å². The number of nitrogens with zero attached hydrogens (tertiary/aromatic N) is 3. The third-order valence-corrected chi connectivity index (χ3v) is 5.67. The molecule has 1 aliphatic rings. The molecule has 2 rings (SSSR count). The van der Waals surface area contributed by atoms with Crippen molar-refractivity contribution in [1.29, 1.82) is 0 Å². The molecule has 1 heterocycles. The second kappa shape index (κ2) is 14.6. The minimum absolute atomic E-state index is 0. The number of nitrogens with one attached hydrogen (secondary N) is 2. The molecule has 1 amide bonds. The van der Waals surface area contributed by atoms with Crippen molar-refractivity contribution in [3.05, 3.63) is 35.4 Å². The Bertz CT molecular complexity index is 638. The Morgan fingerprint density at radius 3 is 2.37 bits per heavy atom. The maximum atomic E-state index is 12.5. The average Bonchev–Trinajstić information content (AvgIpc) is 3.17. The monoisotopic (exact) mass is 529 g/mol. The molecule has 0 saturated heterocycles. The average molecular weight is 530 g/mol. The molecular weight excluding hydrogens is 489 g/mol. The second-order valence-corrected chi connectivity index (χ2v) is 7.84. The molecule has 30 heavy (non-hydrogen) atoms. The van der Waals surface area contributed by atoms with E-state index >= 15 is 0 Å². The van der Waals surface area contributed by atoms with E-state index in [0.29, 0.717) is 12.5 Å². The van der Waals surface area contributed by atoms with Crippen LogP contribution in [0.2, 0.25) is 0 Å². The number of guanidine groups is 1. The summed E-state index contributed by atoms with van der Waals surface area (Å²) in [6.45, 7) is 12.2. The Balaban J connectivity index is 0.00000450. The van der Waals surface area contributed by atoms with Crippen molar-refractivity contribution < 1.29 is 4.79 Å². The van der Waals surface area contributed by atoms with Crippen LogP contribution in [0.1, 0.15) is 57.6 Å². The van der Waals surface area contributed by atoms with Crippen LogP contribution in [-0.2, 0) is 17.9 Å². The zero-order valence-electron chi connectivity index (χ0n) is 19.1. The highest BCUT2D eigenvalue weighted by molar-refractivity contribution is 14.0. The predicted molar refractivity (Wildman–Crippen MR) is 136 cm³/mol. The van der Waals surface area contributed by atoms with Crippen LogP contribution in [0.3, 0.4) is 0 Å². The van der Waals surface area contributed by atoms with Crippen molar-refractivity contribution in [2.24, 2.45) is 4.99 Å². The van der Waals surface area contributed by atoms with Gasteiger partial charge in [-0.15, -0.1) is 24.0 Å². The van der Waals surface area contributed by atoms with Gasteiger partial charge in [0.1, 0.15) is 0 Å². The summed E-state index contributed by atoms with van der Waals surface area (Å²) in [6, 6.07) is 8.69. The molecule has 0 aliphatic carbocycles. The Labute approximate surface area is 199 Å². The minimum Gasteiger partial charge on any atom is -0.356 e. The predicted octanol–water partition coefficient (Wildman–Crippen LogP) is 3.60. The quantitative estimate of drug-likeness (QED) is 0.199. The molecule has 0 radical (unpaired) electrons.